The fraction of sp³-hybridized carbons (Fsp3) is 0.636. The Kier molecular flexibility index (Phi) is 4.85. The molecule has 1 aromatic rings. The normalized spacial score (nSPS) is 16.1. The third-order valence-corrected chi connectivity index (χ3v) is 3.80. The summed E-state index contributed by atoms with van der Waals surface area (Å²) in [5, 5.41) is 20.3. The Balaban J connectivity index is 1.75. The van der Waals surface area contributed by atoms with E-state index in [1.807, 2.05) is 11.8 Å². The summed E-state index contributed by atoms with van der Waals surface area (Å²) in [6.45, 7) is 4.91. The summed E-state index contributed by atoms with van der Waals surface area (Å²) in [4.78, 5) is 26.2. The van der Waals surface area contributed by atoms with Gasteiger partial charge in [-0.05, 0) is 6.92 Å². The summed E-state index contributed by atoms with van der Waals surface area (Å²) in [6.07, 6.45) is 0.135. The molecule has 0 aromatic carbocycles. The molecule has 0 atom stereocenters. The fourth-order valence-corrected chi connectivity index (χ4v) is 2.53. The molecule has 0 unspecified atom stereocenters. The lowest BCUT2D eigenvalue weighted by Crippen LogP contribution is -2.50. The van der Waals surface area contributed by atoms with Gasteiger partial charge in [-0.2, -0.15) is 0 Å². The van der Waals surface area contributed by atoms with Crippen molar-refractivity contribution in [3.8, 4) is 0 Å². The fourth-order valence-electron chi connectivity index (χ4n) is 1.95. The lowest BCUT2D eigenvalue weighted by Gasteiger charge is -2.34. The third-order valence-electron chi connectivity index (χ3n) is 3.04. The van der Waals surface area contributed by atoms with Crippen LogP contribution < -0.4 is 5.32 Å². The van der Waals surface area contributed by atoms with E-state index in [2.05, 4.69) is 15.5 Å². The lowest BCUT2D eigenvalue weighted by molar-refractivity contribution is -0.137. The van der Waals surface area contributed by atoms with Crippen LogP contribution in [0.4, 0.5) is 9.93 Å². The highest BCUT2D eigenvalue weighted by molar-refractivity contribution is 7.15. The predicted octanol–water partition coefficient (Wildman–Crippen LogP) is 0.471. The maximum Gasteiger partial charge on any atom is 0.323 e. The number of amides is 2. The van der Waals surface area contributed by atoms with E-state index in [0.29, 0.717) is 37.9 Å². The average Bonchev–Trinajstić information content (AvgIpc) is 2.82. The van der Waals surface area contributed by atoms with Gasteiger partial charge in [0.25, 0.3) is 0 Å². The van der Waals surface area contributed by atoms with Crippen LogP contribution in [0.15, 0.2) is 0 Å². The van der Waals surface area contributed by atoms with E-state index >= 15 is 0 Å². The van der Waals surface area contributed by atoms with Gasteiger partial charge < -0.3 is 10.0 Å². The second-order valence-electron chi connectivity index (χ2n) is 4.53. The van der Waals surface area contributed by atoms with Gasteiger partial charge in [0, 0.05) is 32.7 Å². The maximum absolute atomic E-state index is 12.0. The van der Waals surface area contributed by atoms with Crippen molar-refractivity contribution in [3.63, 3.8) is 0 Å². The SMILES string of the molecule is Cc1nnc(NC(=O)N2CCN(CCC(=O)O)CC2)s1. The average molecular weight is 299 g/mol. The van der Waals surface area contributed by atoms with Crippen molar-refractivity contribution in [2.75, 3.05) is 38.0 Å². The van der Waals surface area contributed by atoms with Crippen LogP contribution >= 0.6 is 11.3 Å². The van der Waals surface area contributed by atoms with Crippen LogP contribution in [0.2, 0.25) is 0 Å². The minimum Gasteiger partial charge on any atom is -0.481 e. The van der Waals surface area contributed by atoms with Crippen LogP contribution in [-0.2, 0) is 4.79 Å². The van der Waals surface area contributed by atoms with Gasteiger partial charge in [0.15, 0.2) is 0 Å². The Labute approximate surface area is 120 Å². The van der Waals surface area contributed by atoms with Gasteiger partial charge in [-0.3, -0.25) is 15.0 Å². The topological polar surface area (TPSA) is 98.7 Å². The Morgan fingerprint density at radius 3 is 2.55 bits per heavy atom. The molecule has 8 nitrogen and oxygen atoms in total. The van der Waals surface area contributed by atoms with Crippen LogP contribution in [0, 0.1) is 6.92 Å². The van der Waals surface area contributed by atoms with E-state index in [1.54, 1.807) is 4.90 Å². The quantitative estimate of drug-likeness (QED) is 0.838. The number of hydrogen-bond acceptors (Lipinski definition) is 6. The molecule has 1 fully saturated rings. The molecule has 9 heteroatoms. The van der Waals surface area contributed by atoms with Crippen LogP contribution in [-0.4, -0.2) is 69.8 Å². The summed E-state index contributed by atoms with van der Waals surface area (Å²) >= 11 is 1.34. The maximum atomic E-state index is 12.0. The molecule has 1 saturated heterocycles. The molecule has 0 radical (unpaired) electrons. The first-order valence-corrected chi connectivity index (χ1v) is 7.16. The number of aryl methyl sites for hydroxylation is 1. The van der Waals surface area contributed by atoms with E-state index in [0.717, 1.165) is 5.01 Å². The largest absolute Gasteiger partial charge is 0.481 e. The van der Waals surface area contributed by atoms with E-state index in [4.69, 9.17) is 5.11 Å². The highest BCUT2D eigenvalue weighted by atomic mass is 32.1. The number of aromatic nitrogens is 2. The zero-order valence-electron chi connectivity index (χ0n) is 11.2. The van der Waals surface area contributed by atoms with Gasteiger partial charge >= 0.3 is 12.0 Å². The van der Waals surface area contributed by atoms with Crippen molar-refractivity contribution in [2.45, 2.75) is 13.3 Å². The molecular weight excluding hydrogens is 282 g/mol. The van der Waals surface area contributed by atoms with Gasteiger partial charge in [0.05, 0.1) is 6.42 Å². The second kappa shape index (κ2) is 6.62. The number of carbonyl (C=O) groups is 2. The van der Waals surface area contributed by atoms with Crippen LogP contribution in [0.25, 0.3) is 0 Å². The second-order valence-corrected chi connectivity index (χ2v) is 5.71. The number of nitrogens with zero attached hydrogens (tertiary/aromatic N) is 4. The standard InChI is InChI=1S/C11H17N5O3S/c1-8-13-14-10(20-8)12-11(19)16-6-4-15(5-7-16)3-2-9(17)18/h2-7H2,1H3,(H,17,18)(H,12,14,19). The van der Waals surface area contributed by atoms with Crippen molar-refractivity contribution in [2.24, 2.45) is 0 Å². The lowest BCUT2D eigenvalue weighted by atomic mass is 10.3. The minimum atomic E-state index is -0.795. The molecule has 110 valence electrons. The predicted molar refractivity (Wildman–Crippen MR) is 73.9 cm³/mol. The molecule has 2 N–H and O–H groups in total. The monoisotopic (exact) mass is 299 g/mol. The van der Waals surface area contributed by atoms with Crippen molar-refractivity contribution < 1.29 is 14.7 Å². The van der Waals surface area contributed by atoms with Gasteiger partial charge in [-0.1, -0.05) is 11.3 Å². The highest BCUT2D eigenvalue weighted by Gasteiger charge is 2.22. The molecular formula is C11H17N5O3S. The first-order valence-electron chi connectivity index (χ1n) is 6.35. The van der Waals surface area contributed by atoms with Crippen LogP contribution in [0.3, 0.4) is 0 Å². The molecule has 0 saturated carbocycles. The third kappa shape index (κ3) is 4.14. The summed E-state index contributed by atoms with van der Waals surface area (Å²) in [6, 6.07) is -0.181. The smallest absolute Gasteiger partial charge is 0.323 e. The first-order chi connectivity index (χ1) is 9.54. The van der Waals surface area contributed by atoms with E-state index in [9.17, 15) is 9.59 Å². The number of anilines is 1. The first kappa shape index (κ1) is 14.7. The summed E-state index contributed by atoms with van der Waals surface area (Å²) in [5.74, 6) is -0.795. The number of hydrogen-bond donors (Lipinski definition) is 2. The van der Waals surface area contributed by atoms with Crippen molar-refractivity contribution in [3.05, 3.63) is 5.01 Å². The number of urea groups is 1. The number of aliphatic carboxylic acids is 1. The summed E-state index contributed by atoms with van der Waals surface area (Å²) < 4.78 is 0. The number of nitrogens with one attached hydrogen (secondary N) is 1. The van der Waals surface area contributed by atoms with E-state index in [1.165, 1.54) is 11.3 Å². The number of piperazine rings is 1. The Morgan fingerprint density at radius 2 is 2.00 bits per heavy atom. The van der Waals surface area contributed by atoms with Crippen molar-refractivity contribution in [1.29, 1.82) is 0 Å². The minimum absolute atomic E-state index is 0.135. The zero-order valence-corrected chi connectivity index (χ0v) is 12.0. The van der Waals surface area contributed by atoms with Crippen LogP contribution in [0.5, 0.6) is 0 Å². The number of carboxylic acids is 1. The van der Waals surface area contributed by atoms with Crippen LogP contribution in [0.1, 0.15) is 11.4 Å². The van der Waals surface area contributed by atoms with E-state index in [-0.39, 0.29) is 12.5 Å². The Morgan fingerprint density at radius 1 is 1.30 bits per heavy atom. The zero-order chi connectivity index (χ0) is 14.5. The highest BCUT2D eigenvalue weighted by Crippen LogP contribution is 2.14. The molecule has 0 aliphatic carbocycles. The molecule has 1 aliphatic heterocycles. The Hall–Kier alpha value is -1.74. The van der Waals surface area contributed by atoms with Crippen molar-refractivity contribution in [1.82, 2.24) is 20.0 Å². The summed E-state index contributed by atoms with van der Waals surface area (Å²) in [7, 11) is 0. The number of carboxylic acid groups (broad SMARTS) is 1. The molecule has 0 bridgehead atoms. The molecule has 1 aliphatic rings. The molecule has 2 heterocycles. The van der Waals surface area contributed by atoms with Crippen molar-refractivity contribution >= 4 is 28.5 Å². The van der Waals surface area contributed by atoms with Gasteiger partial charge in [0.2, 0.25) is 5.13 Å². The molecule has 2 amide bonds. The molecule has 20 heavy (non-hydrogen) atoms. The molecule has 2 rings (SSSR count). The van der Waals surface area contributed by atoms with Gasteiger partial charge in [-0.15, -0.1) is 10.2 Å². The van der Waals surface area contributed by atoms with Gasteiger partial charge in [-0.25, -0.2) is 4.79 Å². The van der Waals surface area contributed by atoms with E-state index < -0.39 is 5.97 Å². The molecule has 0 spiro atoms. The van der Waals surface area contributed by atoms with Gasteiger partial charge in [0.1, 0.15) is 5.01 Å². The molecule has 1 aromatic heterocycles. The number of rotatable bonds is 4. The number of carbonyl (C=O) groups excluding carboxylic acids is 1. The Bertz CT molecular complexity index is 484. The summed E-state index contributed by atoms with van der Waals surface area (Å²) in [5.41, 5.74) is 0.